The lowest BCUT2D eigenvalue weighted by molar-refractivity contribution is 0.279. The van der Waals surface area contributed by atoms with Crippen molar-refractivity contribution >= 4 is 11.6 Å². The third-order valence-corrected chi connectivity index (χ3v) is 2.90. The number of nitrogens with zero attached hydrogens (tertiary/aromatic N) is 2. The monoisotopic (exact) mass is 278 g/mol. The van der Waals surface area contributed by atoms with Gasteiger partial charge in [-0.2, -0.15) is 5.10 Å². The highest BCUT2D eigenvalue weighted by molar-refractivity contribution is 6.29. The average Bonchev–Trinajstić information content (AvgIpc) is 2.46. The van der Waals surface area contributed by atoms with Crippen molar-refractivity contribution in [2.75, 3.05) is 7.11 Å². The minimum absolute atomic E-state index is 0.325. The van der Waals surface area contributed by atoms with Crippen molar-refractivity contribution in [1.82, 2.24) is 10.2 Å². The number of benzene rings is 1. The van der Waals surface area contributed by atoms with Gasteiger partial charge >= 0.3 is 0 Å². The molecule has 0 bridgehead atoms. The molecule has 0 spiro atoms. The first kappa shape index (κ1) is 13.6. The Morgan fingerprint density at radius 2 is 1.95 bits per heavy atom. The number of hydrogen-bond donors (Lipinski definition) is 0. The second kappa shape index (κ2) is 6.38. The van der Waals surface area contributed by atoms with E-state index in [1.165, 1.54) is 5.56 Å². The van der Waals surface area contributed by atoms with Crippen molar-refractivity contribution in [3.63, 3.8) is 0 Å². The van der Waals surface area contributed by atoms with E-state index in [-0.39, 0.29) is 0 Å². The number of aromatic nitrogens is 2. The van der Waals surface area contributed by atoms with Crippen molar-refractivity contribution in [3.05, 3.63) is 46.7 Å². The summed E-state index contributed by atoms with van der Waals surface area (Å²) < 4.78 is 11.0. The molecule has 0 aliphatic rings. The number of hydrogen-bond acceptors (Lipinski definition) is 4. The van der Waals surface area contributed by atoms with Crippen LogP contribution in [0.4, 0.5) is 0 Å². The second-order valence-corrected chi connectivity index (χ2v) is 4.36. The lowest BCUT2D eigenvalue weighted by Gasteiger charge is -2.11. The molecule has 0 fully saturated rings. The molecule has 1 heterocycles. The molecule has 0 amide bonds. The van der Waals surface area contributed by atoms with Gasteiger partial charge in [0.05, 0.1) is 7.11 Å². The summed E-state index contributed by atoms with van der Waals surface area (Å²) in [5.74, 6) is 1.41. The van der Waals surface area contributed by atoms with Crippen LogP contribution in [-0.2, 0) is 13.0 Å². The average molecular weight is 279 g/mol. The third-order valence-electron chi connectivity index (χ3n) is 2.70. The lowest BCUT2D eigenvalue weighted by Crippen LogP contribution is -2.01. The number of halogens is 1. The van der Waals surface area contributed by atoms with Crippen LogP contribution >= 0.6 is 11.6 Å². The predicted octanol–water partition coefficient (Wildman–Crippen LogP) is 3.28. The highest BCUT2D eigenvalue weighted by Gasteiger charge is 2.06. The standard InChI is InChI=1S/C14H15ClN2O2/c1-3-10-4-6-12(13(8-10)18-2)19-9-11-5-7-14(15)17-16-11/h4-8H,3,9H2,1-2H3. The van der Waals surface area contributed by atoms with Crippen LogP contribution in [0, 0.1) is 0 Å². The molecular weight excluding hydrogens is 264 g/mol. The van der Waals surface area contributed by atoms with E-state index in [2.05, 4.69) is 17.1 Å². The molecular formula is C14H15ClN2O2. The summed E-state index contributed by atoms with van der Waals surface area (Å²) in [6.45, 7) is 2.42. The van der Waals surface area contributed by atoms with E-state index in [1.54, 1.807) is 19.2 Å². The maximum absolute atomic E-state index is 5.68. The number of aryl methyl sites for hydroxylation is 1. The zero-order valence-electron chi connectivity index (χ0n) is 10.9. The topological polar surface area (TPSA) is 44.2 Å². The van der Waals surface area contributed by atoms with Crippen LogP contribution in [0.5, 0.6) is 11.5 Å². The Bertz CT molecular complexity index is 544. The minimum atomic E-state index is 0.325. The molecule has 100 valence electrons. The highest BCUT2D eigenvalue weighted by atomic mass is 35.5. The molecule has 0 N–H and O–H groups in total. The maximum atomic E-state index is 5.68. The van der Waals surface area contributed by atoms with Crippen LogP contribution in [0.3, 0.4) is 0 Å². The van der Waals surface area contributed by atoms with E-state index in [0.717, 1.165) is 12.2 Å². The summed E-state index contributed by atoms with van der Waals surface area (Å²) in [6, 6.07) is 9.36. The molecule has 0 radical (unpaired) electrons. The molecule has 0 aliphatic carbocycles. The molecule has 19 heavy (non-hydrogen) atoms. The zero-order valence-corrected chi connectivity index (χ0v) is 11.6. The first-order valence-electron chi connectivity index (χ1n) is 6.00. The Morgan fingerprint density at radius 1 is 1.11 bits per heavy atom. The summed E-state index contributed by atoms with van der Waals surface area (Å²) in [4.78, 5) is 0. The van der Waals surface area contributed by atoms with Gasteiger partial charge in [0.2, 0.25) is 0 Å². The van der Waals surface area contributed by atoms with Crippen molar-refractivity contribution in [1.29, 1.82) is 0 Å². The molecule has 0 aliphatic heterocycles. The predicted molar refractivity (Wildman–Crippen MR) is 73.7 cm³/mol. The van der Waals surface area contributed by atoms with Crippen LogP contribution in [0.15, 0.2) is 30.3 Å². The molecule has 2 rings (SSSR count). The van der Waals surface area contributed by atoms with Gasteiger partial charge in [-0.25, -0.2) is 0 Å². The van der Waals surface area contributed by atoms with E-state index < -0.39 is 0 Å². The smallest absolute Gasteiger partial charge is 0.161 e. The van der Waals surface area contributed by atoms with Crippen LogP contribution in [0.1, 0.15) is 18.2 Å². The Labute approximate surface area is 117 Å². The molecule has 0 saturated carbocycles. The van der Waals surface area contributed by atoms with Crippen LogP contribution in [0.25, 0.3) is 0 Å². The van der Waals surface area contributed by atoms with E-state index in [0.29, 0.717) is 23.2 Å². The van der Waals surface area contributed by atoms with Gasteiger partial charge in [-0.1, -0.05) is 24.6 Å². The lowest BCUT2D eigenvalue weighted by atomic mass is 10.1. The number of ether oxygens (including phenoxy) is 2. The third kappa shape index (κ3) is 3.58. The first-order valence-corrected chi connectivity index (χ1v) is 6.38. The molecule has 5 heteroatoms. The van der Waals surface area contributed by atoms with Gasteiger partial charge in [0.1, 0.15) is 12.3 Å². The number of methoxy groups -OCH3 is 1. The van der Waals surface area contributed by atoms with Gasteiger partial charge in [-0.15, -0.1) is 5.10 Å². The quantitative estimate of drug-likeness (QED) is 0.842. The molecule has 1 aromatic carbocycles. The molecule has 0 atom stereocenters. The van der Waals surface area contributed by atoms with E-state index in [1.807, 2.05) is 18.2 Å². The summed E-state index contributed by atoms with van der Waals surface area (Å²) in [6.07, 6.45) is 0.958. The Hall–Kier alpha value is -1.81. The van der Waals surface area contributed by atoms with E-state index >= 15 is 0 Å². The Morgan fingerprint density at radius 3 is 2.58 bits per heavy atom. The normalized spacial score (nSPS) is 10.3. The number of rotatable bonds is 5. The minimum Gasteiger partial charge on any atom is -0.493 e. The van der Waals surface area contributed by atoms with Gasteiger partial charge in [0.25, 0.3) is 0 Å². The zero-order chi connectivity index (χ0) is 13.7. The van der Waals surface area contributed by atoms with Gasteiger partial charge in [0, 0.05) is 0 Å². The molecule has 1 aromatic heterocycles. The fraction of sp³-hybridized carbons (Fsp3) is 0.286. The summed E-state index contributed by atoms with van der Waals surface area (Å²) >= 11 is 5.68. The van der Waals surface area contributed by atoms with Crippen molar-refractivity contribution in [2.24, 2.45) is 0 Å². The highest BCUT2D eigenvalue weighted by Crippen LogP contribution is 2.28. The first-order chi connectivity index (χ1) is 9.22. The molecule has 4 nitrogen and oxygen atoms in total. The van der Waals surface area contributed by atoms with Gasteiger partial charge in [-0.3, -0.25) is 0 Å². The largest absolute Gasteiger partial charge is 0.493 e. The van der Waals surface area contributed by atoms with Gasteiger partial charge in [-0.05, 0) is 36.2 Å². The Balaban J connectivity index is 2.08. The fourth-order valence-electron chi connectivity index (χ4n) is 1.62. The van der Waals surface area contributed by atoms with Crippen LogP contribution in [-0.4, -0.2) is 17.3 Å². The van der Waals surface area contributed by atoms with E-state index in [9.17, 15) is 0 Å². The van der Waals surface area contributed by atoms with Crippen LogP contribution < -0.4 is 9.47 Å². The van der Waals surface area contributed by atoms with Crippen molar-refractivity contribution in [2.45, 2.75) is 20.0 Å². The molecule has 0 saturated heterocycles. The fourth-order valence-corrected chi connectivity index (χ4v) is 1.72. The van der Waals surface area contributed by atoms with Gasteiger partial charge in [0.15, 0.2) is 16.7 Å². The molecule has 2 aromatic rings. The summed E-state index contributed by atoms with van der Waals surface area (Å²) in [7, 11) is 1.63. The summed E-state index contributed by atoms with van der Waals surface area (Å²) in [5.41, 5.74) is 1.92. The summed E-state index contributed by atoms with van der Waals surface area (Å²) in [5, 5.41) is 8.07. The second-order valence-electron chi connectivity index (χ2n) is 3.97. The van der Waals surface area contributed by atoms with Gasteiger partial charge < -0.3 is 9.47 Å². The van der Waals surface area contributed by atoms with Crippen LogP contribution in [0.2, 0.25) is 5.15 Å². The molecule has 0 unspecified atom stereocenters. The Kier molecular flexibility index (Phi) is 4.58. The maximum Gasteiger partial charge on any atom is 0.161 e. The van der Waals surface area contributed by atoms with Crippen molar-refractivity contribution < 1.29 is 9.47 Å². The van der Waals surface area contributed by atoms with E-state index in [4.69, 9.17) is 21.1 Å². The van der Waals surface area contributed by atoms with Crippen molar-refractivity contribution in [3.8, 4) is 11.5 Å². The SMILES string of the molecule is CCc1ccc(OCc2ccc(Cl)nn2)c(OC)c1.